The number of nitrogens with zero attached hydrogens (tertiary/aromatic N) is 4. The van der Waals surface area contributed by atoms with Crippen molar-refractivity contribution >= 4 is 78.6 Å². The quantitative estimate of drug-likeness (QED) is 0.161. The molecule has 73 heavy (non-hydrogen) atoms. The second-order valence-electron chi connectivity index (χ2n) is 23.0. The van der Waals surface area contributed by atoms with Crippen LogP contribution in [0.15, 0.2) is 158 Å². The lowest BCUT2D eigenvalue weighted by Gasteiger charge is -2.19. The van der Waals surface area contributed by atoms with Crippen molar-refractivity contribution in [2.75, 3.05) is 9.80 Å². The summed E-state index contributed by atoms with van der Waals surface area (Å²) in [5.74, 6) is -1.64. The van der Waals surface area contributed by atoms with E-state index in [4.69, 9.17) is 0 Å². The lowest BCUT2D eigenvalue weighted by molar-refractivity contribution is 0.0910. The molecule has 0 unspecified atom stereocenters. The van der Waals surface area contributed by atoms with Crippen LogP contribution >= 0.6 is 0 Å². The van der Waals surface area contributed by atoms with Gasteiger partial charge in [-0.1, -0.05) is 129 Å². The van der Waals surface area contributed by atoms with Crippen molar-refractivity contribution in [1.29, 1.82) is 0 Å². The Kier molecular flexibility index (Phi) is 9.92. The predicted octanol–water partition coefficient (Wildman–Crippen LogP) is 15.3. The van der Waals surface area contributed by atoms with E-state index in [2.05, 4.69) is 151 Å². The number of imide groups is 2. The van der Waals surface area contributed by atoms with Crippen molar-refractivity contribution in [2.24, 2.45) is 0 Å². The van der Waals surface area contributed by atoms with Gasteiger partial charge in [-0.3, -0.25) is 19.2 Å². The first kappa shape index (κ1) is 45.8. The Morgan fingerprint density at radius 2 is 0.685 bits per heavy atom. The van der Waals surface area contributed by atoms with E-state index in [-0.39, 0.29) is 16.2 Å². The highest BCUT2D eigenvalue weighted by Crippen LogP contribution is 2.43. The van der Waals surface area contributed by atoms with Crippen LogP contribution in [-0.2, 0) is 16.2 Å². The zero-order valence-corrected chi connectivity index (χ0v) is 42.9. The summed E-state index contributed by atoms with van der Waals surface area (Å²) in [6.45, 7) is 22.0. The molecular formula is C65H56N4O4. The van der Waals surface area contributed by atoms with Gasteiger partial charge in [0.1, 0.15) is 0 Å². The number of amides is 4. The van der Waals surface area contributed by atoms with Crippen LogP contribution in [0.4, 0.5) is 11.4 Å². The SMILES string of the molecule is Cc1ccc2c(c1)c1cc(C(C)(C)C)ccc1n2-c1cccc2c1C(=O)N(c1cccc(-c3cccc(N4C(=O)c5cccc(-n6c7ccc(C(C)(C)C)cc7c7cc(C(C)(C)C)ccc76)c5C4=O)c3)c1)C2=O. The highest BCUT2D eigenvalue weighted by Gasteiger charge is 2.41. The van der Waals surface area contributed by atoms with Gasteiger partial charge in [-0.05, 0) is 148 Å². The van der Waals surface area contributed by atoms with Crippen LogP contribution in [0.3, 0.4) is 0 Å². The predicted molar refractivity (Wildman–Crippen MR) is 297 cm³/mol. The molecule has 8 nitrogen and oxygen atoms in total. The van der Waals surface area contributed by atoms with Crippen molar-refractivity contribution in [2.45, 2.75) is 85.5 Å². The average Bonchev–Trinajstić information content (AvgIpc) is 4.03. The van der Waals surface area contributed by atoms with E-state index in [0.717, 1.165) is 49.2 Å². The highest BCUT2D eigenvalue weighted by molar-refractivity contribution is 6.37. The number of carbonyl (C=O) groups excluding carboxylic acids is 4. The first-order valence-corrected chi connectivity index (χ1v) is 25.1. The van der Waals surface area contributed by atoms with Gasteiger partial charge >= 0.3 is 0 Å². The fourth-order valence-electron chi connectivity index (χ4n) is 11.1. The van der Waals surface area contributed by atoms with Crippen LogP contribution in [0.1, 0.15) is 126 Å². The van der Waals surface area contributed by atoms with Crippen LogP contribution in [-0.4, -0.2) is 32.8 Å². The molecule has 0 spiro atoms. The summed E-state index contributed by atoms with van der Waals surface area (Å²) < 4.78 is 4.25. The van der Waals surface area contributed by atoms with Crippen LogP contribution in [0, 0.1) is 6.92 Å². The molecular weight excluding hydrogens is 901 g/mol. The standard InChI is InChI=1S/C65H56N4O4/c1-37-23-27-51-47(31-37)48-34-40(63(2,3)4)24-28-52(48)68(51)55-21-13-19-45-57(55)61(72)66(59(45)70)43-17-11-15-38(32-43)39-16-12-18-44(33-39)67-60(71)46-20-14-22-56(58(46)62(67)73)69-53-29-25-41(64(5,6)7)35-49(53)50-36-42(65(8,9)10)26-30-54(50)69/h11-36H,1-10H3. The number of carbonyl (C=O) groups is 4. The van der Waals surface area contributed by atoms with Gasteiger partial charge in [0.15, 0.2) is 0 Å². The molecule has 10 aromatic rings. The summed E-state index contributed by atoms with van der Waals surface area (Å²) in [5.41, 5.74) is 13.2. The molecule has 12 rings (SSSR count). The Morgan fingerprint density at radius 1 is 0.342 bits per heavy atom. The number of benzene rings is 8. The number of hydrogen-bond donors (Lipinski definition) is 0. The van der Waals surface area contributed by atoms with E-state index in [1.54, 1.807) is 24.3 Å². The zero-order valence-electron chi connectivity index (χ0n) is 42.9. The Morgan fingerprint density at radius 3 is 1.05 bits per heavy atom. The van der Waals surface area contributed by atoms with E-state index < -0.39 is 23.6 Å². The molecule has 8 aromatic carbocycles. The molecule has 2 aliphatic rings. The number of anilines is 2. The second kappa shape index (κ2) is 15.8. The molecule has 4 heterocycles. The average molecular weight is 957 g/mol. The third-order valence-electron chi connectivity index (χ3n) is 15.1. The van der Waals surface area contributed by atoms with Gasteiger partial charge in [0.25, 0.3) is 23.6 Å². The number of rotatable bonds is 5. The molecule has 2 aliphatic heterocycles. The molecule has 4 amide bonds. The molecule has 360 valence electrons. The van der Waals surface area contributed by atoms with Crippen LogP contribution in [0.25, 0.3) is 66.1 Å². The van der Waals surface area contributed by atoms with Crippen molar-refractivity contribution in [3.8, 4) is 22.5 Å². The summed E-state index contributed by atoms with van der Waals surface area (Å²) in [4.78, 5) is 61.4. The van der Waals surface area contributed by atoms with Gasteiger partial charge in [-0.15, -0.1) is 0 Å². The van der Waals surface area contributed by atoms with Gasteiger partial charge in [-0.25, -0.2) is 9.80 Å². The maximum Gasteiger partial charge on any atom is 0.268 e. The molecule has 0 radical (unpaired) electrons. The Labute approximate surface area is 425 Å². The van der Waals surface area contributed by atoms with Gasteiger partial charge in [0.05, 0.1) is 67.1 Å². The maximum atomic E-state index is 15.0. The summed E-state index contributed by atoms with van der Waals surface area (Å²) in [7, 11) is 0. The third kappa shape index (κ3) is 7.02. The third-order valence-corrected chi connectivity index (χ3v) is 15.1. The van der Waals surface area contributed by atoms with E-state index >= 15 is 0 Å². The highest BCUT2D eigenvalue weighted by atomic mass is 16.2. The molecule has 0 fully saturated rings. The minimum atomic E-state index is -0.413. The van der Waals surface area contributed by atoms with Crippen molar-refractivity contribution in [1.82, 2.24) is 9.13 Å². The summed E-state index contributed by atoms with van der Waals surface area (Å²) >= 11 is 0. The number of aromatic nitrogens is 2. The molecule has 8 heteroatoms. The van der Waals surface area contributed by atoms with E-state index in [1.165, 1.54) is 26.5 Å². The Hall–Kier alpha value is -8.36. The fraction of sp³-hybridized carbons (Fsp3) is 0.200. The Bertz CT molecular complexity index is 4020. The fourth-order valence-corrected chi connectivity index (χ4v) is 11.1. The summed E-state index contributed by atoms with van der Waals surface area (Å²) in [5, 5.41) is 4.34. The van der Waals surface area contributed by atoms with Gasteiger partial charge < -0.3 is 9.13 Å². The number of hydrogen-bond acceptors (Lipinski definition) is 4. The lowest BCUT2D eigenvalue weighted by Crippen LogP contribution is -2.29. The van der Waals surface area contributed by atoms with Crippen molar-refractivity contribution < 1.29 is 19.2 Å². The van der Waals surface area contributed by atoms with Gasteiger partial charge in [0.2, 0.25) is 0 Å². The lowest BCUT2D eigenvalue weighted by atomic mass is 9.85. The molecule has 2 aromatic heterocycles. The largest absolute Gasteiger partial charge is 0.308 e. The minimum absolute atomic E-state index is 0.0673. The second-order valence-corrected chi connectivity index (χ2v) is 23.0. The molecule has 0 N–H and O–H groups in total. The van der Waals surface area contributed by atoms with Crippen molar-refractivity contribution in [3.05, 3.63) is 202 Å². The van der Waals surface area contributed by atoms with Crippen molar-refractivity contribution in [3.63, 3.8) is 0 Å². The normalized spacial score (nSPS) is 14.2. The van der Waals surface area contributed by atoms with Crippen LogP contribution < -0.4 is 9.80 Å². The maximum absolute atomic E-state index is 15.0. The van der Waals surface area contributed by atoms with E-state index in [1.807, 2.05) is 60.7 Å². The molecule has 0 saturated carbocycles. The molecule has 0 bridgehead atoms. The number of aryl methyl sites for hydroxylation is 1. The monoisotopic (exact) mass is 956 g/mol. The molecule has 0 aliphatic carbocycles. The Balaban J connectivity index is 0.903. The van der Waals surface area contributed by atoms with E-state index in [0.29, 0.717) is 56.1 Å². The minimum Gasteiger partial charge on any atom is -0.308 e. The number of fused-ring (bicyclic) bond motifs is 8. The smallest absolute Gasteiger partial charge is 0.268 e. The van der Waals surface area contributed by atoms with Gasteiger partial charge in [-0.2, -0.15) is 0 Å². The van der Waals surface area contributed by atoms with Crippen LogP contribution in [0.5, 0.6) is 0 Å². The summed E-state index contributed by atoms with van der Waals surface area (Å²) in [6.07, 6.45) is 0. The zero-order chi connectivity index (χ0) is 51.2. The first-order valence-electron chi connectivity index (χ1n) is 25.1. The molecule has 0 atom stereocenters. The van der Waals surface area contributed by atoms with E-state index in [9.17, 15) is 19.2 Å². The topological polar surface area (TPSA) is 84.6 Å². The van der Waals surface area contributed by atoms with Gasteiger partial charge in [0, 0.05) is 21.5 Å². The molecule has 0 saturated heterocycles. The van der Waals surface area contributed by atoms with Crippen LogP contribution in [0.2, 0.25) is 0 Å². The first-order chi connectivity index (χ1) is 34.7. The summed E-state index contributed by atoms with van der Waals surface area (Å²) in [6, 6.07) is 51.6.